The Balaban J connectivity index is 1.10. The van der Waals surface area contributed by atoms with E-state index in [2.05, 4.69) is 19.7 Å². The van der Waals surface area contributed by atoms with Gasteiger partial charge >= 0.3 is 23.9 Å². The number of ether oxygens (including phenoxy) is 8. The van der Waals surface area contributed by atoms with Gasteiger partial charge in [-0.2, -0.15) is 5.10 Å². The van der Waals surface area contributed by atoms with Gasteiger partial charge in [0.2, 0.25) is 5.13 Å². The minimum atomic E-state index is -0.551. The third-order valence-corrected chi connectivity index (χ3v) is 12.6. The molecule has 0 saturated heterocycles. The molecule has 15 nitrogen and oxygen atoms in total. The van der Waals surface area contributed by atoms with E-state index in [-0.39, 0.29) is 38.4 Å². The first-order chi connectivity index (χ1) is 37.6. The van der Waals surface area contributed by atoms with E-state index in [1.54, 1.807) is 18.1 Å². The SMILES string of the molecule is C=CC(=O)OCCCCCCOc1ccc(COc2ccc(-c3ccc(OCc4ccc(OCCCCCCOC(=O)C=C)cc4)c(/C=N/N(CCC(=O)OCCOC(=O)C(=C)C)c4nc5ccccc5s4)c3)cc2)cc1. The van der Waals surface area contributed by atoms with Crippen molar-refractivity contribution in [1.29, 1.82) is 0 Å². The first kappa shape index (κ1) is 58.0. The molecule has 5 aromatic carbocycles. The Morgan fingerprint density at radius 2 is 1.12 bits per heavy atom. The van der Waals surface area contributed by atoms with Crippen LogP contribution in [-0.4, -0.2) is 81.3 Å². The van der Waals surface area contributed by atoms with Crippen molar-refractivity contribution in [3.63, 3.8) is 0 Å². The van der Waals surface area contributed by atoms with Crippen molar-refractivity contribution in [2.24, 2.45) is 5.10 Å². The molecular formula is C61H67N3O12S. The van der Waals surface area contributed by atoms with Gasteiger partial charge in [0.1, 0.15) is 49.4 Å². The number of thiazole rings is 1. The standard InChI is InChI=1S/C61H67N3O12S/c1-5-57(65)71-37-15-9-7-13-35-69-51-26-19-46(20-27-51)43-75-53-30-23-48(24-31-53)49-25-32-55(76-44-47-21-28-52(29-22-47)70-36-14-8-10-16-38-72-58(66)6-2)50(41-49)42-62-64(61-63-54-17-11-12-18-56(54)77-61)34-33-59(67)73-39-40-74-60(68)45(3)4/h5-6,11-12,17-32,41-42H,1-3,7-10,13-16,33-40,43-44H2,4H3/b62-42+. The van der Waals surface area contributed by atoms with Crippen molar-refractivity contribution in [3.05, 3.63) is 169 Å². The maximum Gasteiger partial charge on any atom is 0.333 e. The molecule has 0 aliphatic heterocycles. The van der Waals surface area contributed by atoms with Crippen molar-refractivity contribution >= 4 is 56.8 Å². The van der Waals surface area contributed by atoms with Crippen LogP contribution in [0.2, 0.25) is 0 Å². The molecule has 0 aliphatic rings. The van der Waals surface area contributed by atoms with Gasteiger partial charge < -0.3 is 37.9 Å². The Hall–Kier alpha value is -8.24. The lowest BCUT2D eigenvalue weighted by atomic mass is 10.0. The number of benzene rings is 5. The maximum atomic E-state index is 12.9. The summed E-state index contributed by atoms with van der Waals surface area (Å²) in [4.78, 5) is 51.9. The van der Waals surface area contributed by atoms with Crippen molar-refractivity contribution in [1.82, 2.24) is 4.98 Å². The summed E-state index contributed by atoms with van der Waals surface area (Å²) in [5, 5.41) is 7.18. The highest BCUT2D eigenvalue weighted by Gasteiger charge is 2.16. The summed E-state index contributed by atoms with van der Waals surface area (Å²) in [5.74, 6) is 1.02. The first-order valence-electron chi connectivity index (χ1n) is 25.7. The summed E-state index contributed by atoms with van der Waals surface area (Å²) in [7, 11) is 0. The number of carbonyl (C=O) groups is 4. The molecule has 0 spiro atoms. The smallest absolute Gasteiger partial charge is 0.333 e. The Kier molecular flexibility index (Phi) is 24.3. The molecule has 0 fully saturated rings. The molecule has 16 heteroatoms. The minimum absolute atomic E-state index is 0.0186. The van der Waals surface area contributed by atoms with Gasteiger partial charge in [-0.1, -0.05) is 85.7 Å². The molecule has 6 aromatic rings. The molecule has 0 N–H and O–H groups in total. The Labute approximate surface area is 454 Å². The summed E-state index contributed by atoms with van der Waals surface area (Å²) < 4.78 is 46.0. The molecule has 0 radical (unpaired) electrons. The molecule has 0 amide bonds. The number of unbranched alkanes of at least 4 members (excludes halogenated alkanes) is 6. The molecule has 1 aromatic heterocycles. The second-order valence-corrected chi connectivity index (χ2v) is 18.6. The van der Waals surface area contributed by atoms with Gasteiger partial charge in [-0.3, -0.25) is 4.79 Å². The lowest BCUT2D eigenvalue weighted by Crippen LogP contribution is -2.22. The van der Waals surface area contributed by atoms with Crippen LogP contribution >= 0.6 is 11.3 Å². The van der Waals surface area contributed by atoms with Crippen LogP contribution in [-0.2, 0) is 51.3 Å². The molecule has 404 valence electrons. The molecule has 0 saturated carbocycles. The predicted molar refractivity (Wildman–Crippen MR) is 300 cm³/mol. The average Bonchev–Trinajstić information content (AvgIpc) is 3.89. The molecule has 0 bridgehead atoms. The highest BCUT2D eigenvalue weighted by Crippen LogP contribution is 2.31. The lowest BCUT2D eigenvalue weighted by Gasteiger charge is -2.16. The first-order valence-corrected chi connectivity index (χ1v) is 26.6. The van der Waals surface area contributed by atoms with Gasteiger partial charge in [-0.25, -0.2) is 24.4 Å². The highest BCUT2D eigenvalue weighted by molar-refractivity contribution is 7.22. The second-order valence-electron chi connectivity index (χ2n) is 17.6. The number of rotatable bonds is 35. The van der Waals surface area contributed by atoms with Crippen LogP contribution in [0.3, 0.4) is 0 Å². The molecule has 0 unspecified atom stereocenters. The van der Waals surface area contributed by atoms with Gasteiger partial charge in [0.15, 0.2) is 0 Å². The quantitative estimate of drug-likeness (QED) is 0.00919. The summed E-state index contributed by atoms with van der Waals surface area (Å²) >= 11 is 1.45. The van der Waals surface area contributed by atoms with Crippen molar-refractivity contribution in [2.45, 2.75) is 77.9 Å². The van der Waals surface area contributed by atoms with Crippen molar-refractivity contribution in [3.8, 4) is 34.1 Å². The number of carbonyl (C=O) groups excluding carboxylic acids is 4. The number of esters is 4. The fourth-order valence-corrected chi connectivity index (χ4v) is 8.29. The van der Waals surface area contributed by atoms with Crippen LogP contribution in [0.15, 0.2) is 158 Å². The zero-order chi connectivity index (χ0) is 54.5. The van der Waals surface area contributed by atoms with Crippen molar-refractivity contribution in [2.75, 3.05) is 51.2 Å². The lowest BCUT2D eigenvalue weighted by molar-refractivity contribution is -0.149. The summed E-state index contributed by atoms with van der Waals surface area (Å²) in [6, 6.07) is 37.2. The molecule has 6 rings (SSSR count). The van der Waals surface area contributed by atoms with Gasteiger partial charge in [0.25, 0.3) is 0 Å². The minimum Gasteiger partial charge on any atom is -0.494 e. The van der Waals surface area contributed by atoms with Gasteiger partial charge in [-0.15, -0.1) is 0 Å². The fourth-order valence-electron chi connectivity index (χ4n) is 7.34. The Morgan fingerprint density at radius 1 is 0.584 bits per heavy atom. The van der Waals surface area contributed by atoms with E-state index in [0.29, 0.717) is 55.2 Å². The number of fused-ring (bicyclic) bond motifs is 1. The topological polar surface area (TPSA) is 171 Å². The summed E-state index contributed by atoms with van der Waals surface area (Å²) in [6.07, 6.45) is 11.3. The van der Waals surface area contributed by atoms with Crippen LogP contribution < -0.4 is 24.0 Å². The monoisotopic (exact) mass is 1070 g/mol. The fraction of sp³-hybridized carbons (Fsp3) is 0.311. The summed E-state index contributed by atoms with van der Waals surface area (Å²) in [6.45, 7) is 14.5. The van der Waals surface area contributed by atoms with Crippen LogP contribution in [0.25, 0.3) is 21.3 Å². The third kappa shape index (κ3) is 20.8. The van der Waals surface area contributed by atoms with Gasteiger partial charge in [0.05, 0.1) is 55.8 Å². The molecule has 1 heterocycles. The molecule has 0 atom stereocenters. The number of hydrazone groups is 1. The zero-order valence-corrected chi connectivity index (χ0v) is 44.5. The van der Waals surface area contributed by atoms with E-state index in [4.69, 9.17) is 48.0 Å². The van der Waals surface area contributed by atoms with Gasteiger partial charge in [0, 0.05) is 23.3 Å². The summed E-state index contributed by atoms with van der Waals surface area (Å²) in [5.41, 5.74) is 5.54. The number of anilines is 1. The van der Waals surface area contributed by atoms with Crippen LogP contribution in [0.5, 0.6) is 23.0 Å². The third-order valence-electron chi connectivity index (χ3n) is 11.6. The normalized spacial score (nSPS) is 10.9. The number of para-hydroxylation sites is 1. The number of hydrogen-bond acceptors (Lipinski definition) is 16. The number of hydrogen-bond donors (Lipinski definition) is 0. The van der Waals surface area contributed by atoms with Crippen molar-refractivity contribution < 1.29 is 57.1 Å². The molecular weight excluding hydrogens is 999 g/mol. The zero-order valence-electron chi connectivity index (χ0n) is 43.7. The number of aromatic nitrogens is 1. The second kappa shape index (κ2) is 32.3. The van der Waals surface area contributed by atoms with Crippen LogP contribution in [0.1, 0.15) is 81.4 Å². The van der Waals surface area contributed by atoms with Gasteiger partial charge in [-0.05, 0) is 141 Å². The largest absolute Gasteiger partial charge is 0.494 e. The van der Waals surface area contributed by atoms with E-state index in [0.717, 1.165) is 95.3 Å². The molecule has 77 heavy (non-hydrogen) atoms. The highest BCUT2D eigenvalue weighted by atomic mass is 32.1. The maximum absolute atomic E-state index is 12.9. The van der Waals surface area contributed by atoms with E-state index in [1.165, 1.54) is 23.5 Å². The van der Waals surface area contributed by atoms with E-state index < -0.39 is 23.9 Å². The molecule has 0 aliphatic carbocycles. The van der Waals surface area contributed by atoms with E-state index in [9.17, 15) is 19.2 Å². The van der Waals surface area contributed by atoms with E-state index in [1.807, 2.05) is 115 Å². The van der Waals surface area contributed by atoms with Crippen LogP contribution in [0, 0.1) is 0 Å². The van der Waals surface area contributed by atoms with Crippen LogP contribution in [0.4, 0.5) is 5.13 Å². The van der Waals surface area contributed by atoms with E-state index >= 15 is 0 Å². The number of nitrogens with zero attached hydrogens (tertiary/aromatic N) is 3. The predicted octanol–water partition coefficient (Wildman–Crippen LogP) is 12.4. The Morgan fingerprint density at radius 3 is 1.70 bits per heavy atom. The average molecular weight is 1070 g/mol. The Bertz CT molecular complexity index is 2850.